The average molecular weight is 359 g/mol. The van der Waals surface area contributed by atoms with E-state index >= 15 is 0 Å². The molecule has 7 heteroatoms. The van der Waals surface area contributed by atoms with E-state index in [-0.39, 0.29) is 22.5 Å². The number of piperazine rings is 1. The molecule has 0 radical (unpaired) electrons. The van der Waals surface area contributed by atoms with E-state index in [9.17, 15) is 19.1 Å². The summed E-state index contributed by atoms with van der Waals surface area (Å²) in [6.45, 7) is 6.20. The van der Waals surface area contributed by atoms with Crippen molar-refractivity contribution in [2.75, 3.05) is 24.5 Å². The average Bonchev–Trinajstić information content (AvgIpc) is 3.38. The van der Waals surface area contributed by atoms with Crippen LogP contribution in [-0.2, 0) is 0 Å². The van der Waals surface area contributed by atoms with Gasteiger partial charge in [0.15, 0.2) is 0 Å². The number of nitrogens with zero attached hydrogens (tertiary/aromatic N) is 2. The molecule has 4 rings (SSSR count). The fourth-order valence-corrected chi connectivity index (χ4v) is 3.76. The number of carboxylic acid groups (broad SMARTS) is 1. The fraction of sp³-hybridized carbons (Fsp3) is 0.474. The molecule has 0 atom stereocenters. The monoisotopic (exact) mass is 359 g/mol. The third-order valence-corrected chi connectivity index (χ3v) is 5.18. The van der Waals surface area contributed by atoms with E-state index in [2.05, 4.69) is 19.2 Å². The van der Waals surface area contributed by atoms with Crippen molar-refractivity contribution in [1.82, 2.24) is 9.88 Å². The lowest BCUT2D eigenvalue weighted by atomic mass is 10.0. The van der Waals surface area contributed by atoms with Gasteiger partial charge in [0.05, 0.1) is 11.2 Å². The summed E-state index contributed by atoms with van der Waals surface area (Å²) in [5, 5.41) is 12.8. The van der Waals surface area contributed by atoms with Gasteiger partial charge < -0.3 is 19.9 Å². The van der Waals surface area contributed by atoms with Crippen molar-refractivity contribution < 1.29 is 14.3 Å². The van der Waals surface area contributed by atoms with E-state index < -0.39 is 17.2 Å². The van der Waals surface area contributed by atoms with E-state index in [1.165, 1.54) is 12.3 Å². The first-order valence-corrected chi connectivity index (χ1v) is 8.88. The van der Waals surface area contributed by atoms with Gasteiger partial charge in [-0.1, -0.05) is 0 Å². The molecule has 1 aromatic heterocycles. The first kappa shape index (κ1) is 17.0. The van der Waals surface area contributed by atoms with Crippen LogP contribution in [0.15, 0.2) is 23.1 Å². The highest BCUT2D eigenvalue weighted by atomic mass is 19.1. The fourth-order valence-electron chi connectivity index (χ4n) is 3.76. The van der Waals surface area contributed by atoms with Gasteiger partial charge in [-0.25, -0.2) is 9.18 Å². The number of anilines is 1. The summed E-state index contributed by atoms with van der Waals surface area (Å²) >= 11 is 0. The van der Waals surface area contributed by atoms with Gasteiger partial charge in [0.25, 0.3) is 0 Å². The summed E-state index contributed by atoms with van der Waals surface area (Å²) in [5.41, 5.74) is -0.00211. The molecule has 2 N–H and O–H groups in total. The molecular weight excluding hydrogens is 337 g/mol. The van der Waals surface area contributed by atoms with E-state index in [0.29, 0.717) is 24.3 Å². The zero-order chi connectivity index (χ0) is 18.6. The molecule has 138 valence electrons. The quantitative estimate of drug-likeness (QED) is 0.880. The summed E-state index contributed by atoms with van der Waals surface area (Å²) < 4.78 is 16.7. The molecule has 1 saturated carbocycles. The maximum Gasteiger partial charge on any atom is 0.341 e. The van der Waals surface area contributed by atoms with Gasteiger partial charge >= 0.3 is 5.97 Å². The molecule has 1 aromatic carbocycles. The summed E-state index contributed by atoms with van der Waals surface area (Å²) in [6.07, 6.45) is 3.28. The molecule has 26 heavy (non-hydrogen) atoms. The zero-order valence-corrected chi connectivity index (χ0v) is 14.9. The molecule has 1 saturated heterocycles. The number of rotatable bonds is 3. The van der Waals surface area contributed by atoms with Crippen LogP contribution >= 0.6 is 0 Å². The number of aromatic nitrogens is 1. The lowest BCUT2D eigenvalue weighted by Crippen LogP contribution is -2.57. The lowest BCUT2D eigenvalue weighted by molar-refractivity contribution is 0.0695. The number of nitrogens with one attached hydrogen (secondary N) is 1. The normalized spacial score (nSPS) is 19.7. The number of hydrogen-bond donors (Lipinski definition) is 2. The number of aromatic carboxylic acids is 1. The number of benzene rings is 1. The summed E-state index contributed by atoms with van der Waals surface area (Å²) in [7, 11) is 0. The van der Waals surface area contributed by atoms with Crippen molar-refractivity contribution in [2.45, 2.75) is 38.3 Å². The summed E-state index contributed by atoms with van der Waals surface area (Å²) in [5.74, 6) is -1.77. The predicted octanol–water partition coefficient (Wildman–Crippen LogP) is 2.36. The van der Waals surface area contributed by atoms with Gasteiger partial charge in [-0.15, -0.1) is 0 Å². The van der Waals surface area contributed by atoms with Crippen molar-refractivity contribution in [3.8, 4) is 0 Å². The Morgan fingerprint density at radius 3 is 2.69 bits per heavy atom. The molecule has 2 heterocycles. The standard InChI is InChI=1S/C19H22FN3O3/c1-19(2)10-22(6-5-21-19)16-8-15-12(7-14(16)20)17(24)13(18(25)26)9-23(15)11-3-4-11/h7-9,11,21H,3-6,10H2,1-2H3,(H,25,26). The number of hydrogen-bond acceptors (Lipinski definition) is 4. The Kier molecular flexibility index (Phi) is 3.80. The van der Waals surface area contributed by atoms with Crippen LogP contribution < -0.4 is 15.6 Å². The Hall–Kier alpha value is -2.41. The molecule has 0 spiro atoms. The second-order valence-electron chi connectivity index (χ2n) is 7.87. The molecule has 1 aliphatic carbocycles. The summed E-state index contributed by atoms with van der Waals surface area (Å²) in [4.78, 5) is 25.9. The van der Waals surface area contributed by atoms with Gasteiger partial charge in [0, 0.05) is 42.8 Å². The first-order valence-electron chi connectivity index (χ1n) is 8.88. The Bertz CT molecular complexity index is 963. The highest BCUT2D eigenvalue weighted by Gasteiger charge is 2.30. The minimum atomic E-state index is -1.28. The van der Waals surface area contributed by atoms with Crippen molar-refractivity contribution in [3.63, 3.8) is 0 Å². The number of carbonyl (C=O) groups is 1. The Morgan fingerprint density at radius 1 is 1.35 bits per heavy atom. The molecule has 2 aromatic rings. The third-order valence-electron chi connectivity index (χ3n) is 5.18. The van der Waals surface area contributed by atoms with Crippen molar-refractivity contribution >= 4 is 22.6 Å². The largest absolute Gasteiger partial charge is 0.477 e. The molecule has 0 bridgehead atoms. The van der Waals surface area contributed by atoms with Crippen LogP contribution in [-0.4, -0.2) is 40.8 Å². The van der Waals surface area contributed by atoms with Gasteiger partial charge in [-0.05, 0) is 38.8 Å². The van der Waals surface area contributed by atoms with Crippen LogP contribution in [0, 0.1) is 5.82 Å². The Balaban J connectivity index is 1.91. The van der Waals surface area contributed by atoms with Gasteiger partial charge in [0.1, 0.15) is 11.4 Å². The van der Waals surface area contributed by atoms with E-state index in [1.54, 1.807) is 6.07 Å². The maximum absolute atomic E-state index is 14.9. The molecule has 1 aliphatic heterocycles. The molecule has 0 amide bonds. The molecular formula is C19H22FN3O3. The predicted molar refractivity (Wildman–Crippen MR) is 97.7 cm³/mol. The van der Waals surface area contributed by atoms with Crippen molar-refractivity contribution in [3.05, 3.63) is 39.9 Å². The molecule has 2 fully saturated rings. The second kappa shape index (κ2) is 5.81. The smallest absolute Gasteiger partial charge is 0.341 e. The number of pyridine rings is 1. The van der Waals surface area contributed by atoms with Crippen LogP contribution in [0.25, 0.3) is 10.9 Å². The minimum Gasteiger partial charge on any atom is -0.477 e. The number of fused-ring (bicyclic) bond motifs is 1. The lowest BCUT2D eigenvalue weighted by Gasteiger charge is -2.40. The molecule has 6 nitrogen and oxygen atoms in total. The minimum absolute atomic E-state index is 0.132. The first-order chi connectivity index (χ1) is 12.3. The van der Waals surface area contributed by atoms with Crippen LogP contribution in [0.3, 0.4) is 0 Å². The van der Waals surface area contributed by atoms with Crippen molar-refractivity contribution in [1.29, 1.82) is 0 Å². The zero-order valence-electron chi connectivity index (χ0n) is 14.9. The van der Waals surface area contributed by atoms with Gasteiger partial charge in [-0.3, -0.25) is 4.79 Å². The number of carboxylic acids is 1. The summed E-state index contributed by atoms with van der Waals surface area (Å²) in [6, 6.07) is 3.08. The topological polar surface area (TPSA) is 74.6 Å². The molecule has 0 unspecified atom stereocenters. The second-order valence-corrected chi connectivity index (χ2v) is 7.87. The SMILES string of the molecule is CC1(C)CN(c2cc3c(cc2F)c(=O)c(C(=O)O)cn3C2CC2)CCN1. The number of halogens is 1. The third kappa shape index (κ3) is 2.86. The van der Waals surface area contributed by atoms with Crippen LogP contribution in [0.2, 0.25) is 0 Å². The highest BCUT2D eigenvalue weighted by Crippen LogP contribution is 2.38. The van der Waals surface area contributed by atoms with E-state index in [4.69, 9.17) is 0 Å². The highest BCUT2D eigenvalue weighted by molar-refractivity contribution is 5.93. The Morgan fingerprint density at radius 2 is 2.08 bits per heavy atom. The van der Waals surface area contributed by atoms with E-state index in [1.807, 2.05) is 9.47 Å². The van der Waals surface area contributed by atoms with Gasteiger partial charge in [-0.2, -0.15) is 0 Å². The van der Waals surface area contributed by atoms with E-state index in [0.717, 1.165) is 19.4 Å². The van der Waals surface area contributed by atoms with Crippen molar-refractivity contribution in [2.24, 2.45) is 0 Å². The van der Waals surface area contributed by atoms with Crippen LogP contribution in [0.5, 0.6) is 0 Å². The van der Waals surface area contributed by atoms with Crippen LogP contribution in [0.4, 0.5) is 10.1 Å². The molecule has 2 aliphatic rings. The maximum atomic E-state index is 14.9. The van der Waals surface area contributed by atoms with Crippen LogP contribution in [0.1, 0.15) is 43.1 Å². The Labute approximate surface area is 150 Å². The van der Waals surface area contributed by atoms with Gasteiger partial charge in [0.2, 0.25) is 5.43 Å².